The molecule has 104 valence electrons. The molecule has 2 aliphatic rings. The van der Waals surface area contributed by atoms with Gasteiger partial charge in [-0.15, -0.1) is 0 Å². The van der Waals surface area contributed by atoms with E-state index in [0.717, 1.165) is 12.1 Å². The van der Waals surface area contributed by atoms with Crippen LogP contribution in [-0.2, 0) is 16.1 Å². The lowest BCUT2D eigenvalue weighted by Crippen LogP contribution is -2.52. The van der Waals surface area contributed by atoms with Gasteiger partial charge in [-0.1, -0.05) is 0 Å². The minimum absolute atomic E-state index is 0.159. The Morgan fingerprint density at radius 3 is 2.75 bits per heavy atom. The topological polar surface area (TPSA) is 92.5 Å². The molecule has 2 aliphatic heterocycles. The Balaban J connectivity index is 1.92. The SMILES string of the molecule is Nc1cc(F)cc2c1CN([C@@H]1CCC(=O)NC1=O)C2=O. The number of nitrogen functional groups attached to an aromatic ring is 1. The standard InChI is InChI=1S/C13H12FN3O3/c14-6-3-7-8(9(15)4-6)5-17(13(7)20)10-1-2-11(18)16-12(10)19/h3-4,10H,1-2,5,15H2,(H,16,18,19)/t10-/m1/s1. The van der Waals surface area contributed by atoms with Crippen molar-refractivity contribution in [2.45, 2.75) is 25.4 Å². The highest BCUT2D eigenvalue weighted by atomic mass is 19.1. The predicted molar refractivity (Wildman–Crippen MR) is 66.9 cm³/mol. The van der Waals surface area contributed by atoms with Crippen LogP contribution in [-0.4, -0.2) is 28.7 Å². The van der Waals surface area contributed by atoms with Crippen LogP contribution in [0.15, 0.2) is 12.1 Å². The Morgan fingerprint density at radius 1 is 1.30 bits per heavy atom. The summed E-state index contributed by atoms with van der Waals surface area (Å²) in [6.07, 6.45) is 0.452. The summed E-state index contributed by atoms with van der Waals surface area (Å²) in [6.45, 7) is 0.159. The van der Waals surface area contributed by atoms with E-state index in [4.69, 9.17) is 5.73 Å². The van der Waals surface area contributed by atoms with Crippen molar-refractivity contribution in [1.29, 1.82) is 0 Å². The van der Waals surface area contributed by atoms with Crippen molar-refractivity contribution in [3.05, 3.63) is 29.1 Å². The molecule has 1 aromatic rings. The zero-order valence-corrected chi connectivity index (χ0v) is 10.5. The predicted octanol–water partition coefficient (Wildman–Crippen LogP) is 0.169. The molecule has 20 heavy (non-hydrogen) atoms. The summed E-state index contributed by atoms with van der Waals surface area (Å²) in [4.78, 5) is 36.5. The van der Waals surface area contributed by atoms with Gasteiger partial charge in [-0.3, -0.25) is 19.7 Å². The van der Waals surface area contributed by atoms with Crippen LogP contribution in [0.1, 0.15) is 28.8 Å². The maximum Gasteiger partial charge on any atom is 0.255 e. The number of hydrogen-bond acceptors (Lipinski definition) is 4. The summed E-state index contributed by atoms with van der Waals surface area (Å²) in [5, 5.41) is 2.20. The monoisotopic (exact) mass is 277 g/mol. The zero-order chi connectivity index (χ0) is 14.4. The van der Waals surface area contributed by atoms with Crippen LogP contribution in [0.25, 0.3) is 0 Å². The summed E-state index contributed by atoms with van der Waals surface area (Å²) >= 11 is 0. The third kappa shape index (κ3) is 1.82. The third-order valence-electron chi connectivity index (χ3n) is 3.66. The maximum absolute atomic E-state index is 13.3. The highest BCUT2D eigenvalue weighted by Gasteiger charge is 2.39. The fraction of sp³-hybridized carbons (Fsp3) is 0.308. The van der Waals surface area contributed by atoms with Crippen molar-refractivity contribution >= 4 is 23.4 Å². The normalized spacial score (nSPS) is 21.9. The molecule has 1 fully saturated rings. The van der Waals surface area contributed by atoms with E-state index in [9.17, 15) is 18.8 Å². The van der Waals surface area contributed by atoms with E-state index in [2.05, 4.69) is 5.32 Å². The van der Waals surface area contributed by atoms with Gasteiger partial charge in [0.05, 0.1) is 0 Å². The minimum Gasteiger partial charge on any atom is -0.398 e. The van der Waals surface area contributed by atoms with E-state index in [-0.39, 0.29) is 36.5 Å². The number of carbonyl (C=O) groups is 3. The summed E-state index contributed by atoms with van der Waals surface area (Å²) in [5.74, 6) is -1.86. The number of anilines is 1. The highest BCUT2D eigenvalue weighted by molar-refractivity contribution is 6.06. The molecule has 1 atom stereocenters. The fourth-order valence-corrected chi connectivity index (χ4v) is 2.65. The Kier molecular flexibility index (Phi) is 2.70. The second-order valence-corrected chi connectivity index (χ2v) is 4.92. The molecule has 3 rings (SSSR count). The zero-order valence-electron chi connectivity index (χ0n) is 10.5. The van der Waals surface area contributed by atoms with Crippen molar-refractivity contribution in [2.75, 3.05) is 5.73 Å². The lowest BCUT2D eigenvalue weighted by molar-refractivity contribution is -0.136. The number of amides is 3. The van der Waals surface area contributed by atoms with Gasteiger partial charge >= 0.3 is 0 Å². The number of carbonyl (C=O) groups excluding carboxylic acids is 3. The van der Waals surface area contributed by atoms with Crippen molar-refractivity contribution < 1.29 is 18.8 Å². The van der Waals surface area contributed by atoms with E-state index in [1.807, 2.05) is 0 Å². The van der Waals surface area contributed by atoms with Crippen LogP contribution in [0.5, 0.6) is 0 Å². The average molecular weight is 277 g/mol. The molecule has 6 nitrogen and oxygen atoms in total. The number of fused-ring (bicyclic) bond motifs is 1. The van der Waals surface area contributed by atoms with Crippen LogP contribution < -0.4 is 11.1 Å². The van der Waals surface area contributed by atoms with Crippen LogP contribution in [0.4, 0.5) is 10.1 Å². The van der Waals surface area contributed by atoms with Crippen molar-refractivity contribution in [3.63, 3.8) is 0 Å². The summed E-state index contributed by atoms with van der Waals surface area (Å²) < 4.78 is 13.3. The smallest absolute Gasteiger partial charge is 0.255 e. The summed E-state index contributed by atoms with van der Waals surface area (Å²) in [6, 6.07) is 1.56. The number of nitrogens with two attached hydrogens (primary N) is 1. The number of hydrogen-bond donors (Lipinski definition) is 2. The van der Waals surface area contributed by atoms with Gasteiger partial charge in [0, 0.05) is 29.8 Å². The van der Waals surface area contributed by atoms with Gasteiger partial charge < -0.3 is 10.6 Å². The molecule has 0 spiro atoms. The number of nitrogens with one attached hydrogen (secondary N) is 1. The lowest BCUT2D eigenvalue weighted by atomic mass is 10.0. The minimum atomic E-state index is -0.713. The molecule has 0 unspecified atom stereocenters. The molecule has 0 aromatic heterocycles. The molecule has 0 aliphatic carbocycles. The number of imide groups is 1. The van der Waals surface area contributed by atoms with Crippen LogP contribution in [0.3, 0.4) is 0 Å². The van der Waals surface area contributed by atoms with E-state index >= 15 is 0 Å². The maximum atomic E-state index is 13.3. The molecule has 2 heterocycles. The first-order valence-corrected chi connectivity index (χ1v) is 6.20. The van der Waals surface area contributed by atoms with Crippen LogP contribution >= 0.6 is 0 Å². The molecular formula is C13H12FN3O3. The van der Waals surface area contributed by atoms with Gasteiger partial charge in [-0.25, -0.2) is 4.39 Å². The summed E-state index contributed by atoms with van der Waals surface area (Å²) in [7, 11) is 0. The summed E-state index contributed by atoms with van der Waals surface area (Å²) in [5.41, 5.74) is 6.62. The molecule has 1 aromatic carbocycles. The van der Waals surface area contributed by atoms with Gasteiger partial charge in [0.2, 0.25) is 11.8 Å². The second-order valence-electron chi connectivity index (χ2n) is 4.92. The molecule has 1 saturated heterocycles. The second kappa shape index (κ2) is 4.29. The van der Waals surface area contributed by atoms with E-state index in [0.29, 0.717) is 5.56 Å². The van der Waals surface area contributed by atoms with Crippen molar-refractivity contribution in [3.8, 4) is 0 Å². The Morgan fingerprint density at radius 2 is 2.05 bits per heavy atom. The number of rotatable bonds is 1. The molecule has 3 amide bonds. The number of nitrogens with zero attached hydrogens (tertiary/aromatic N) is 1. The number of benzene rings is 1. The van der Waals surface area contributed by atoms with E-state index in [1.165, 1.54) is 4.90 Å². The fourth-order valence-electron chi connectivity index (χ4n) is 2.65. The Bertz CT molecular complexity index is 644. The van der Waals surface area contributed by atoms with Crippen molar-refractivity contribution in [2.24, 2.45) is 0 Å². The van der Waals surface area contributed by atoms with E-state index in [1.54, 1.807) is 0 Å². The Hall–Kier alpha value is -2.44. The quantitative estimate of drug-likeness (QED) is 0.565. The first-order valence-electron chi connectivity index (χ1n) is 6.20. The average Bonchev–Trinajstić information content (AvgIpc) is 2.68. The van der Waals surface area contributed by atoms with Gasteiger partial charge in [-0.2, -0.15) is 0 Å². The third-order valence-corrected chi connectivity index (χ3v) is 3.66. The molecule has 3 N–H and O–H groups in total. The largest absolute Gasteiger partial charge is 0.398 e. The molecular weight excluding hydrogens is 265 g/mol. The van der Waals surface area contributed by atoms with Crippen LogP contribution in [0, 0.1) is 5.82 Å². The van der Waals surface area contributed by atoms with E-state index < -0.39 is 23.7 Å². The lowest BCUT2D eigenvalue weighted by Gasteiger charge is -2.29. The van der Waals surface area contributed by atoms with Gasteiger partial charge in [0.1, 0.15) is 11.9 Å². The van der Waals surface area contributed by atoms with Gasteiger partial charge in [-0.05, 0) is 18.6 Å². The number of piperidine rings is 1. The molecule has 0 bridgehead atoms. The van der Waals surface area contributed by atoms with Gasteiger partial charge in [0.25, 0.3) is 5.91 Å². The Labute approximate surface area is 113 Å². The number of halogens is 1. The van der Waals surface area contributed by atoms with Crippen molar-refractivity contribution in [1.82, 2.24) is 10.2 Å². The van der Waals surface area contributed by atoms with Crippen LogP contribution in [0.2, 0.25) is 0 Å². The molecule has 7 heteroatoms. The first-order chi connectivity index (χ1) is 9.47. The highest BCUT2D eigenvalue weighted by Crippen LogP contribution is 2.31. The van der Waals surface area contributed by atoms with Gasteiger partial charge in [0.15, 0.2) is 0 Å². The molecule has 0 radical (unpaired) electrons. The first kappa shape index (κ1) is 12.6. The molecule has 0 saturated carbocycles.